The zero-order valence-corrected chi connectivity index (χ0v) is 23.1. The van der Waals surface area contributed by atoms with Gasteiger partial charge in [0.25, 0.3) is 0 Å². The molecular formula is C33H47O2. The molecule has 1 radical (unpaired) electrons. The second-order valence-corrected chi connectivity index (χ2v) is 15.1. The molecule has 3 unspecified atom stereocenters. The molecule has 0 aromatic rings. The summed E-state index contributed by atoms with van der Waals surface area (Å²) in [5, 5.41) is 0. The van der Waals surface area contributed by atoms with Gasteiger partial charge in [0, 0.05) is 29.2 Å². The van der Waals surface area contributed by atoms with Crippen LogP contribution in [0.25, 0.3) is 0 Å². The van der Waals surface area contributed by atoms with E-state index in [4.69, 9.17) is 0 Å². The second-order valence-electron chi connectivity index (χ2n) is 15.1. The Hall–Kier alpha value is -1.18. The van der Waals surface area contributed by atoms with Crippen molar-refractivity contribution < 1.29 is 9.59 Å². The summed E-state index contributed by atoms with van der Waals surface area (Å²) in [6, 6.07) is 0. The van der Waals surface area contributed by atoms with Crippen molar-refractivity contribution in [1.29, 1.82) is 0 Å². The van der Waals surface area contributed by atoms with Crippen molar-refractivity contribution in [2.24, 2.45) is 56.7 Å². The van der Waals surface area contributed by atoms with Crippen LogP contribution in [0, 0.1) is 63.1 Å². The third-order valence-electron chi connectivity index (χ3n) is 13.9. The van der Waals surface area contributed by atoms with Gasteiger partial charge in [-0.3, -0.25) is 9.59 Å². The van der Waals surface area contributed by atoms with E-state index in [-0.39, 0.29) is 27.1 Å². The first-order chi connectivity index (χ1) is 16.3. The third-order valence-corrected chi connectivity index (χ3v) is 13.9. The van der Waals surface area contributed by atoms with Crippen LogP contribution in [0.3, 0.4) is 0 Å². The Morgan fingerprint density at radius 2 is 1.60 bits per heavy atom. The zero-order chi connectivity index (χ0) is 25.2. The number of ketones is 2. The first-order valence-electron chi connectivity index (χ1n) is 14.6. The molecule has 35 heavy (non-hydrogen) atoms. The highest BCUT2D eigenvalue weighted by molar-refractivity contribution is 6.07. The summed E-state index contributed by atoms with van der Waals surface area (Å²) in [6.45, 7) is 19.0. The largest absolute Gasteiger partial charge is 0.299 e. The maximum absolute atomic E-state index is 13.9. The minimum atomic E-state index is -0.189. The summed E-state index contributed by atoms with van der Waals surface area (Å²) in [7, 11) is 0. The van der Waals surface area contributed by atoms with Gasteiger partial charge in [-0.2, -0.15) is 0 Å². The summed E-state index contributed by atoms with van der Waals surface area (Å²) >= 11 is 0. The summed E-state index contributed by atoms with van der Waals surface area (Å²) in [5.74, 6) is 3.67. The Balaban J connectivity index is 1.41. The molecule has 5 fully saturated rings. The Labute approximate surface area is 213 Å². The van der Waals surface area contributed by atoms with Gasteiger partial charge < -0.3 is 0 Å². The molecule has 0 aliphatic heterocycles. The van der Waals surface area contributed by atoms with E-state index in [0.29, 0.717) is 41.2 Å². The summed E-state index contributed by atoms with van der Waals surface area (Å²) < 4.78 is 0. The monoisotopic (exact) mass is 475 g/mol. The predicted octanol–water partition coefficient (Wildman–Crippen LogP) is 7.93. The molecule has 6 aliphatic rings. The maximum Gasteiger partial charge on any atom is 0.165 e. The maximum atomic E-state index is 13.9. The normalized spacial score (nSPS) is 51.9. The molecule has 0 aromatic carbocycles. The Morgan fingerprint density at radius 1 is 0.886 bits per heavy atom. The summed E-state index contributed by atoms with van der Waals surface area (Å²) in [4.78, 5) is 26.8. The summed E-state index contributed by atoms with van der Waals surface area (Å²) in [5.41, 5.74) is 2.74. The van der Waals surface area contributed by atoms with Crippen molar-refractivity contribution in [3.63, 3.8) is 0 Å². The number of fused-ring (bicyclic) bond motifs is 7. The Bertz CT molecular complexity index is 1030. The van der Waals surface area contributed by atoms with E-state index in [0.717, 1.165) is 37.7 Å². The van der Waals surface area contributed by atoms with Crippen LogP contribution in [0.2, 0.25) is 0 Å². The van der Waals surface area contributed by atoms with Crippen LogP contribution < -0.4 is 0 Å². The lowest BCUT2D eigenvalue weighted by atomic mass is 9.32. The molecule has 5 saturated carbocycles. The molecule has 9 atom stereocenters. The van der Waals surface area contributed by atoms with Crippen molar-refractivity contribution in [1.82, 2.24) is 0 Å². The molecule has 2 heteroatoms. The van der Waals surface area contributed by atoms with Gasteiger partial charge >= 0.3 is 0 Å². The third kappa shape index (κ3) is 2.84. The number of hydrogen-bond acceptors (Lipinski definition) is 2. The van der Waals surface area contributed by atoms with E-state index >= 15 is 0 Å². The molecule has 0 N–H and O–H groups in total. The van der Waals surface area contributed by atoms with E-state index in [1.54, 1.807) is 0 Å². The first kappa shape index (κ1) is 24.2. The lowest BCUT2D eigenvalue weighted by Gasteiger charge is -2.72. The van der Waals surface area contributed by atoms with Gasteiger partial charge in [0.1, 0.15) is 5.78 Å². The molecule has 0 amide bonds. The van der Waals surface area contributed by atoms with Gasteiger partial charge in [-0.05, 0) is 111 Å². The molecule has 0 saturated heterocycles. The molecule has 0 spiro atoms. The molecule has 6 aliphatic carbocycles. The number of hydrogen-bond donors (Lipinski definition) is 0. The van der Waals surface area contributed by atoms with Crippen LogP contribution in [-0.2, 0) is 9.59 Å². The molecule has 0 aromatic heterocycles. The Kier molecular flexibility index (Phi) is 4.99. The number of carbonyl (C=O) groups excluding carboxylic acids is 2. The van der Waals surface area contributed by atoms with Crippen molar-refractivity contribution in [3.8, 4) is 0 Å². The molecular weight excluding hydrogens is 428 g/mol. The lowest BCUT2D eigenvalue weighted by molar-refractivity contribution is -0.232. The zero-order valence-electron chi connectivity index (χ0n) is 23.1. The fourth-order valence-corrected chi connectivity index (χ4v) is 11.8. The van der Waals surface area contributed by atoms with E-state index < -0.39 is 0 Å². The minimum absolute atomic E-state index is 0.157. The number of allylic oxidation sites excluding steroid dienone is 3. The molecule has 2 nitrogen and oxygen atoms in total. The standard InChI is InChI=1S/C33H47O2/c1-20(2)22-12-17-33(28(35)21-8-9-21)19-18-31(6)23(27(22)33)10-11-25-30(5)15-14-26(34)29(3,4)24(30)13-16-32(25,31)7/h8-9,22-25,27H,1,10-19H2,2-7H3/t22?,23-,24+,25-,27?,30+,31-,32-,33?/m1/s1. The van der Waals surface area contributed by atoms with E-state index in [1.807, 2.05) is 12.5 Å². The van der Waals surface area contributed by atoms with Gasteiger partial charge in [-0.1, -0.05) is 52.8 Å². The first-order valence-corrected chi connectivity index (χ1v) is 14.6. The van der Waals surface area contributed by atoms with Crippen LogP contribution in [-0.4, -0.2) is 11.6 Å². The van der Waals surface area contributed by atoms with Crippen LogP contribution in [0.4, 0.5) is 0 Å². The molecule has 6 rings (SSSR count). The predicted molar refractivity (Wildman–Crippen MR) is 141 cm³/mol. The van der Waals surface area contributed by atoms with Crippen LogP contribution >= 0.6 is 0 Å². The second kappa shape index (κ2) is 7.22. The Morgan fingerprint density at radius 3 is 2.26 bits per heavy atom. The van der Waals surface area contributed by atoms with Crippen LogP contribution in [0.5, 0.6) is 0 Å². The van der Waals surface area contributed by atoms with Crippen LogP contribution in [0.1, 0.15) is 106 Å². The van der Waals surface area contributed by atoms with Gasteiger partial charge in [-0.15, -0.1) is 0 Å². The lowest BCUT2D eigenvalue weighted by Crippen LogP contribution is -2.66. The SMILES string of the molecule is C=C(C)C1CCC2(C(=O)C3=C[CH]3)CC[C@]3(C)[C@H](CC[C@@H]4[C@@]5(C)CCC(=O)C(C)(C)[C@@H]5CC[C@]43C)C12. The van der Waals surface area contributed by atoms with Crippen molar-refractivity contribution >= 4 is 11.6 Å². The van der Waals surface area contributed by atoms with Crippen LogP contribution in [0.15, 0.2) is 23.8 Å². The van der Waals surface area contributed by atoms with Crippen molar-refractivity contribution in [3.05, 3.63) is 30.2 Å². The summed E-state index contributed by atoms with van der Waals surface area (Å²) in [6.07, 6.45) is 15.3. The van der Waals surface area contributed by atoms with E-state index in [2.05, 4.69) is 48.1 Å². The van der Waals surface area contributed by atoms with Gasteiger partial charge in [0.2, 0.25) is 0 Å². The highest BCUT2D eigenvalue weighted by Gasteiger charge is 2.72. The minimum Gasteiger partial charge on any atom is -0.299 e. The van der Waals surface area contributed by atoms with Crippen molar-refractivity contribution in [2.45, 2.75) is 106 Å². The van der Waals surface area contributed by atoms with Gasteiger partial charge in [0.15, 0.2) is 5.78 Å². The average Bonchev–Trinajstić information content (AvgIpc) is 3.56. The number of Topliss-reactive ketones (excluding diaryl/α,β-unsaturated/α-hetero) is 2. The van der Waals surface area contributed by atoms with Gasteiger partial charge in [0.05, 0.1) is 0 Å². The highest BCUT2D eigenvalue weighted by atomic mass is 16.1. The number of carbonyl (C=O) groups is 2. The smallest absolute Gasteiger partial charge is 0.165 e. The fraction of sp³-hybridized carbons (Fsp3) is 0.788. The van der Waals surface area contributed by atoms with Gasteiger partial charge in [-0.25, -0.2) is 0 Å². The highest BCUT2D eigenvalue weighted by Crippen LogP contribution is 2.77. The van der Waals surface area contributed by atoms with E-state index in [9.17, 15) is 9.59 Å². The van der Waals surface area contributed by atoms with Crippen molar-refractivity contribution in [2.75, 3.05) is 0 Å². The molecule has 191 valence electrons. The quantitative estimate of drug-likeness (QED) is 0.388. The number of rotatable bonds is 3. The molecule has 0 bridgehead atoms. The molecule has 0 heterocycles. The average molecular weight is 476 g/mol. The fourth-order valence-electron chi connectivity index (χ4n) is 11.8. The van der Waals surface area contributed by atoms with E-state index in [1.165, 1.54) is 37.7 Å². The topological polar surface area (TPSA) is 34.1 Å².